The summed E-state index contributed by atoms with van der Waals surface area (Å²) in [6, 6.07) is 11.8. The second kappa shape index (κ2) is 6.97. The molecule has 0 fully saturated rings. The molecular weight excluding hydrogens is 319 g/mol. The van der Waals surface area contributed by atoms with Gasteiger partial charge >= 0.3 is 0 Å². The summed E-state index contributed by atoms with van der Waals surface area (Å²) in [4.78, 5) is 15.4. The van der Waals surface area contributed by atoms with E-state index in [0.717, 1.165) is 5.56 Å². The van der Waals surface area contributed by atoms with Gasteiger partial charge in [0.1, 0.15) is 11.9 Å². The van der Waals surface area contributed by atoms with E-state index in [1.807, 2.05) is 0 Å². The number of imidazole rings is 1. The molecule has 25 heavy (non-hydrogen) atoms. The van der Waals surface area contributed by atoms with Crippen LogP contribution in [0.1, 0.15) is 28.4 Å². The third-order valence-electron chi connectivity index (χ3n) is 3.82. The Bertz CT molecular complexity index is 958. The minimum atomic E-state index is -0.365. The van der Waals surface area contributed by atoms with E-state index in [0.29, 0.717) is 29.0 Å². The lowest BCUT2D eigenvalue weighted by atomic mass is 10.1. The van der Waals surface area contributed by atoms with Crippen LogP contribution in [0, 0.1) is 17.1 Å². The van der Waals surface area contributed by atoms with Crippen molar-refractivity contribution in [3.05, 3.63) is 77.6 Å². The summed E-state index contributed by atoms with van der Waals surface area (Å²) in [6.45, 7) is 1.80. The van der Waals surface area contributed by atoms with E-state index in [4.69, 9.17) is 0 Å². The van der Waals surface area contributed by atoms with Crippen LogP contribution in [0.25, 0.3) is 5.69 Å². The first-order chi connectivity index (χ1) is 12.1. The summed E-state index contributed by atoms with van der Waals surface area (Å²) in [6.07, 6.45) is 4.78. The number of benzene rings is 2. The molecule has 2 aromatic carbocycles. The van der Waals surface area contributed by atoms with Crippen molar-refractivity contribution < 1.29 is 9.18 Å². The fourth-order valence-corrected chi connectivity index (χ4v) is 2.48. The Hall–Kier alpha value is -3.46. The minimum absolute atomic E-state index is 0.0803. The summed E-state index contributed by atoms with van der Waals surface area (Å²) >= 11 is 0. The van der Waals surface area contributed by atoms with Gasteiger partial charge in [-0.15, -0.1) is 0 Å². The van der Waals surface area contributed by atoms with Crippen LogP contribution in [-0.4, -0.2) is 15.3 Å². The van der Waals surface area contributed by atoms with Crippen molar-refractivity contribution in [1.82, 2.24) is 9.55 Å². The van der Waals surface area contributed by atoms with Gasteiger partial charge in [0, 0.05) is 24.5 Å². The minimum Gasteiger partial charge on any atom is -0.380 e. The number of halogens is 1. The van der Waals surface area contributed by atoms with Gasteiger partial charge in [0.05, 0.1) is 23.3 Å². The number of anilines is 1. The molecule has 1 N–H and O–H groups in total. The molecule has 0 aliphatic carbocycles. The number of hydrogen-bond donors (Lipinski definition) is 1. The van der Waals surface area contributed by atoms with Crippen LogP contribution in [0.15, 0.2) is 55.1 Å². The quantitative estimate of drug-likeness (QED) is 0.722. The molecule has 0 aliphatic heterocycles. The Labute approximate surface area is 144 Å². The number of Topliss-reactive ketones (excluding diaryl/α,β-unsaturated/α-hetero) is 1. The largest absolute Gasteiger partial charge is 0.380 e. The highest BCUT2D eigenvalue weighted by molar-refractivity contribution is 5.95. The molecular formula is C19H15FN4O. The number of nitrogens with zero attached hydrogens (tertiary/aromatic N) is 3. The third-order valence-corrected chi connectivity index (χ3v) is 3.82. The van der Waals surface area contributed by atoms with Crippen LogP contribution in [0.4, 0.5) is 10.1 Å². The van der Waals surface area contributed by atoms with Crippen LogP contribution < -0.4 is 5.32 Å². The molecule has 0 spiro atoms. The van der Waals surface area contributed by atoms with Crippen LogP contribution >= 0.6 is 0 Å². The van der Waals surface area contributed by atoms with Crippen LogP contribution in [-0.2, 0) is 6.54 Å². The molecule has 0 bridgehead atoms. The molecule has 0 aliphatic rings. The smallest absolute Gasteiger partial charge is 0.159 e. The number of ketones is 1. The summed E-state index contributed by atoms with van der Waals surface area (Å²) in [5, 5.41) is 12.3. The lowest BCUT2D eigenvalue weighted by Gasteiger charge is -2.11. The maximum absolute atomic E-state index is 14.3. The second-order valence-corrected chi connectivity index (χ2v) is 5.54. The topological polar surface area (TPSA) is 70.7 Å². The molecule has 0 saturated carbocycles. The van der Waals surface area contributed by atoms with E-state index in [2.05, 4.69) is 16.4 Å². The molecule has 124 valence electrons. The Kier molecular flexibility index (Phi) is 4.57. The van der Waals surface area contributed by atoms with Gasteiger partial charge < -0.3 is 9.88 Å². The Morgan fingerprint density at radius 2 is 2.16 bits per heavy atom. The van der Waals surface area contributed by atoms with E-state index in [1.165, 1.54) is 19.3 Å². The zero-order valence-electron chi connectivity index (χ0n) is 13.5. The monoisotopic (exact) mass is 334 g/mol. The maximum atomic E-state index is 14.3. The highest BCUT2D eigenvalue weighted by atomic mass is 19.1. The number of carbonyl (C=O) groups excluding carboxylic acids is 1. The number of nitrogens with one attached hydrogen (secondary N) is 1. The molecule has 5 nitrogen and oxygen atoms in total. The molecule has 3 rings (SSSR count). The average Bonchev–Trinajstić information content (AvgIpc) is 3.14. The van der Waals surface area contributed by atoms with Gasteiger partial charge in [0.2, 0.25) is 0 Å². The number of hydrogen-bond acceptors (Lipinski definition) is 4. The lowest BCUT2D eigenvalue weighted by Crippen LogP contribution is -2.04. The lowest BCUT2D eigenvalue weighted by molar-refractivity contribution is 0.101. The first-order valence-corrected chi connectivity index (χ1v) is 7.64. The molecule has 1 heterocycles. The van der Waals surface area contributed by atoms with Crippen LogP contribution in [0.2, 0.25) is 0 Å². The van der Waals surface area contributed by atoms with Crippen molar-refractivity contribution in [2.24, 2.45) is 0 Å². The van der Waals surface area contributed by atoms with Gasteiger partial charge in [0.25, 0.3) is 0 Å². The van der Waals surface area contributed by atoms with E-state index < -0.39 is 0 Å². The first kappa shape index (κ1) is 16.4. The summed E-state index contributed by atoms with van der Waals surface area (Å²) in [5.41, 5.74) is 2.63. The molecule has 0 atom stereocenters. The molecule has 0 amide bonds. The fourth-order valence-electron chi connectivity index (χ4n) is 2.48. The SMILES string of the molecule is CC(=O)c1ccc(C#N)c(NCc2ccc(-n3ccnc3)c(F)c2)c1. The first-order valence-electron chi connectivity index (χ1n) is 7.64. The second-order valence-electron chi connectivity index (χ2n) is 5.54. The van der Waals surface area contributed by atoms with Crippen molar-refractivity contribution in [3.63, 3.8) is 0 Å². The van der Waals surface area contributed by atoms with E-state index in [1.54, 1.807) is 47.3 Å². The van der Waals surface area contributed by atoms with Crippen molar-refractivity contribution in [2.75, 3.05) is 5.32 Å². The van der Waals surface area contributed by atoms with Crippen molar-refractivity contribution in [3.8, 4) is 11.8 Å². The Balaban J connectivity index is 1.80. The average molecular weight is 334 g/mol. The molecule has 6 heteroatoms. The predicted molar refractivity (Wildman–Crippen MR) is 92.0 cm³/mol. The molecule has 3 aromatic rings. The number of rotatable bonds is 5. The Morgan fingerprint density at radius 1 is 1.32 bits per heavy atom. The van der Waals surface area contributed by atoms with Crippen LogP contribution in [0.3, 0.4) is 0 Å². The molecule has 1 aromatic heterocycles. The van der Waals surface area contributed by atoms with E-state index in [9.17, 15) is 14.4 Å². The molecule has 0 radical (unpaired) electrons. The fraction of sp³-hybridized carbons (Fsp3) is 0.105. The third kappa shape index (κ3) is 3.56. The van der Waals surface area contributed by atoms with Crippen molar-refractivity contribution >= 4 is 11.5 Å². The van der Waals surface area contributed by atoms with Crippen molar-refractivity contribution in [2.45, 2.75) is 13.5 Å². The van der Waals surface area contributed by atoms with Gasteiger partial charge in [-0.3, -0.25) is 4.79 Å². The number of nitriles is 1. The normalized spacial score (nSPS) is 10.3. The predicted octanol–water partition coefficient (Wildman–Crippen LogP) is 3.70. The van der Waals surface area contributed by atoms with Gasteiger partial charge in [-0.25, -0.2) is 9.37 Å². The molecule has 0 unspecified atom stereocenters. The van der Waals surface area contributed by atoms with Crippen molar-refractivity contribution in [1.29, 1.82) is 5.26 Å². The maximum Gasteiger partial charge on any atom is 0.159 e. The Morgan fingerprint density at radius 3 is 2.80 bits per heavy atom. The molecule has 0 saturated heterocycles. The zero-order valence-corrected chi connectivity index (χ0v) is 13.5. The summed E-state index contributed by atoms with van der Waals surface area (Å²) in [7, 11) is 0. The summed E-state index contributed by atoms with van der Waals surface area (Å²) in [5.74, 6) is -0.446. The standard InChI is InChI=1S/C19H15FN4O/c1-13(25)15-3-4-16(10-21)18(9-15)23-11-14-2-5-19(17(20)8-14)24-7-6-22-12-24/h2-9,12,23H,11H2,1H3. The van der Waals surface area contributed by atoms with Gasteiger partial charge in [-0.2, -0.15) is 5.26 Å². The zero-order chi connectivity index (χ0) is 17.8. The summed E-state index contributed by atoms with van der Waals surface area (Å²) < 4.78 is 15.9. The highest BCUT2D eigenvalue weighted by Crippen LogP contribution is 2.20. The van der Waals surface area contributed by atoms with E-state index in [-0.39, 0.29) is 11.6 Å². The number of aromatic nitrogens is 2. The van der Waals surface area contributed by atoms with Gasteiger partial charge in [0.15, 0.2) is 5.78 Å². The number of carbonyl (C=O) groups is 1. The van der Waals surface area contributed by atoms with Gasteiger partial charge in [-0.1, -0.05) is 6.07 Å². The van der Waals surface area contributed by atoms with Gasteiger partial charge in [-0.05, 0) is 42.8 Å². The van der Waals surface area contributed by atoms with E-state index >= 15 is 0 Å². The highest BCUT2D eigenvalue weighted by Gasteiger charge is 2.08. The van der Waals surface area contributed by atoms with Crippen LogP contribution in [0.5, 0.6) is 0 Å².